The van der Waals surface area contributed by atoms with Crippen LogP contribution in [0, 0.1) is 17.3 Å². The van der Waals surface area contributed by atoms with Crippen molar-refractivity contribution in [2.75, 3.05) is 6.61 Å². The molecule has 2 rings (SSSR count). The van der Waals surface area contributed by atoms with Gasteiger partial charge in [-0.25, -0.2) is 4.79 Å². The highest BCUT2D eigenvalue weighted by atomic mass is 28.4. The van der Waals surface area contributed by atoms with Crippen LogP contribution in [0.2, 0.25) is 19.6 Å². The lowest BCUT2D eigenvalue weighted by atomic mass is 9.61. The van der Waals surface area contributed by atoms with Gasteiger partial charge in [-0.1, -0.05) is 38.7 Å². The van der Waals surface area contributed by atoms with Crippen molar-refractivity contribution in [2.45, 2.75) is 129 Å². The number of hydrogen-bond acceptors (Lipinski definition) is 4. The molecule has 0 aromatic heterocycles. The SMILES string of the molecule is CCCCC1(C(CC[C@H]2CCC(=O)[C@@H]2CCCCC=CC(=O)OCC)O[Si](C)(C)C)CCC1. The van der Waals surface area contributed by atoms with Gasteiger partial charge in [-0.15, -0.1) is 0 Å². The van der Waals surface area contributed by atoms with Gasteiger partial charge >= 0.3 is 5.97 Å². The van der Waals surface area contributed by atoms with Gasteiger partial charge in [0.25, 0.3) is 0 Å². The Morgan fingerprint density at radius 2 is 1.91 bits per heavy atom. The second-order valence-electron chi connectivity index (χ2n) is 11.4. The number of esters is 1. The molecule has 2 saturated carbocycles. The van der Waals surface area contributed by atoms with Crippen LogP contribution >= 0.6 is 0 Å². The van der Waals surface area contributed by atoms with Gasteiger partial charge in [0.2, 0.25) is 0 Å². The maximum atomic E-state index is 12.6. The number of carbonyl (C=O) groups is 2. The third kappa shape index (κ3) is 9.31. The Kier molecular flexibility index (Phi) is 11.9. The average Bonchev–Trinajstić information content (AvgIpc) is 3.06. The van der Waals surface area contributed by atoms with Crippen LogP contribution in [0.25, 0.3) is 0 Å². The normalized spacial score (nSPS) is 23.6. The van der Waals surface area contributed by atoms with E-state index < -0.39 is 8.32 Å². The topological polar surface area (TPSA) is 52.6 Å². The van der Waals surface area contributed by atoms with Crippen molar-refractivity contribution in [3.8, 4) is 0 Å². The average molecular weight is 479 g/mol. The lowest BCUT2D eigenvalue weighted by molar-refractivity contribution is -0.137. The van der Waals surface area contributed by atoms with Crippen LogP contribution in [0.3, 0.4) is 0 Å². The highest BCUT2D eigenvalue weighted by Crippen LogP contribution is 2.51. The number of allylic oxidation sites excluding steroid dienone is 1. The van der Waals surface area contributed by atoms with Gasteiger partial charge in [0, 0.05) is 18.4 Å². The smallest absolute Gasteiger partial charge is 0.330 e. The maximum Gasteiger partial charge on any atom is 0.330 e. The van der Waals surface area contributed by atoms with Crippen LogP contribution in [0.4, 0.5) is 0 Å². The lowest BCUT2D eigenvalue weighted by Gasteiger charge is -2.50. The molecule has 0 bridgehead atoms. The summed E-state index contributed by atoms with van der Waals surface area (Å²) in [5.41, 5.74) is 0.402. The van der Waals surface area contributed by atoms with Crippen LogP contribution in [-0.4, -0.2) is 32.8 Å². The fourth-order valence-corrected chi connectivity index (χ4v) is 7.11. The van der Waals surface area contributed by atoms with Crippen LogP contribution in [-0.2, 0) is 18.8 Å². The van der Waals surface area contributed by atoms with Crippen molar-refractivity contribution in [1.29, 1.82) is 0 Å². The number of carbonyl (C=O) groups excluding carboxylic acids is 2. The first-order chi connectivity index (χ1) is 15.7. The molecular weight excluding hydrogens is 428 g/mol. The van der Waals surface area contributed by atoms with E-state index in [1.54, 1.807) is 0 Å². The molecule has 2 aliphatic rings. The molecular formula is C28H50O4Si. The number of unbranched alkanes of at least 4 members (excludes halogenated alkanes) is 3. The summed E-state index contributed by atoms with van der Waals surface area (Å²) < 4.78 is 11.7. The van der Waals surface area contributed by atoms with E-state index in [1.165, 1.54) is 44.6 Å². The van der Waals surface area contributed by atoms with Gasteiger partial charge in [0.1, 0.15) is 5.78 Å². The van der Waals surface area contributed by atoms with Gasteiger partial charge in [-0.2, -0.15) is 0 Å². The zero-order valence-electron chi connectivity index (χ0n) is 22.1. The van der Waals surface area contributed by atoms with Crippen molar-refractivity contribution in [3.05, 3.63) is 12.2 Å². The van der Waals surface area contributed by atoms with Crippen molar-refractivity contribution in [3.63, 3.8) is 0 Å². The number of ether oxygens (including phenoxy) is 1. The summed E-state index contributed by atoms with van der Waals surface area (Å²) in [5.74, 6) is 0.985. The van der Waals surface area contributed by atoms with E-state index in [1.807, 2.05) is 13.0 Å². The predicted molar refractivity (Wildman–Crippen MR) is 139 cm³/mol. The van der Waals surface area contributed by atoms with Gasteiger partial charge in [0.05, 0.1) is 12.7 Å². The summed E-state index contributed by atoms with van der Waals surface area (Å²) in [4.78, 5) is 24.0. The number of ketones is 1. The molecule has 0 aromatic rings. The van der Waals surface area contributed by atoms with Crippen LogP contribution in [0.1, 0.15) is 104 Å². The largest absolute Gasteiger partial charge is 0.463 e. The van der Waals surface area contributed by atoms with Crippen LogP contribution in [0.5, 0.6) is 0 Å². The Hall–Kier alpha value is -0.943. The number of rotatable bonds is 16. The van der Waals surface area contributed by atoms with Gasteiger partial charge in [-0.3, -0.25) is 4.79 Å². The minimum atomic E-state index is -1.61. The van der Waals surface area contributed by atoms with Crippen molar-refractivity contribution in [1.82, 2.24) is 0 Å². The zero-order valence-corrected chi connectivity index (χ0v) is 23.1. The molecule has 3 atom stereocenters. The summed E-state index contributed by atoms with van der Waals surface area (Å²) in [6.07, 6.45) is 19.7. The van der Waals surface area contributed by atoms with E-state index in [0.717, 1.165) is 51.4 Å². The molecule has 0 aliphatic heterocycles. The van der Waals surface area contributed by atoms with Crippen molar-refractivity contribution >= 4 is 20.1 Å². The predicted octanol–water partition coefficient (Wildman–Crippen LogP) is 7.62. The van der Waals surface area contributed by atoms with E-state index in [9.17, 15) is 9.59 Å². The van der Waals surface area contributed by atoms with E-state index >= 15 is 0 Å². The quantitative estimate of drug-likeness (QED) is 0.0990. The monoisotopic (exact) mass is 478 g/mol. The molecule has 2 fully saturated rings. The standard InChI is InChI=1S/C28H50O4Si/c1-6-8-20-28(21-13-22-28)26(32-33(3,4)5)19-17-23-16-18-25(29)24(23)14-11-9-10-12-15-27(30)31-7-2/h12,15,23-24,26H,6-11,13-14,16-22H2,1-5H3/t23-,24-,26?/m1/s1. The second kappa shape index (κ2) is 13.8. The molecule has 0 heterocycles. The molecule has 2 aliphatic carbocycles. The molecule has 0 saturated heterocycles. The summed E-state index contributed by atoms with van der Waals surface area (Å²) in [6.45, 7) is 11.5. The molecule has 1 unspecified atom stereocenters. The fraction of sp³-hybridized carbons (Fsp3) is 0.857. The van der Waals surface area contributed by atoms with Gasteiger partial charge in [-0.05, 0) is 95.7 Å². The van der Waals surface area contributed by atoms with Gasteiger partial charge in [0.15, 0.2) is 8.32 Å². The Bertz CT molecular complexity index is 632. The highest BCUT2D eigenvalue weighted by molar-refractivity contribution is 6.69. The summed E-state index contributed by atoms with van der Waals surface area (Å²) >= 11 is 0. The van der Waals surface area contributed by atoms with Crippen molar-refractivity contribution < 1.29 is 18.8 Å². The first-order valence-corrected chi connectivity index (χ1v) is 17.2. The third-order valence-corrected chi connectivity index (χ3v) is 8.77. The Morgan fingerprint density at radius 1 is 1.15 bits per heavy atom. The van der Waals surface area contributed by atoms with Gasteiger partial charge < -0.3 is 9.16 Å². The molecule has 33 heavy (non-hydrogen) atoms. The maximum absolute atomic E-state index is 12.6. The molecule has 0 N–H and O–H groups in total. The van der Waals surface area contributed by atoms with E-state index in [0.29, 0.717) is 29.8 Å². The second-order valence-corrected chi connectivity index (χ2v) is 15.9. The highest BCUT2D eigenvalue weighted by Gasteiger charge is 2.46. The van der Waals surface area contributed by atoms with Crippen LogP contribution < -0.4 is 0 Å². The van der Waals surface area contributed by atoms with E-state index in [2.05, 4.69) is 26.6 Å². The fourth-order valence-electron chi connectivity index (χ4n) is 5.89. The molecule has 190 valence electrons. The summed E-state index contributed by atoms with van der Waals surface area (Å²) in [6, 6.07) is 0. The minimum Gasteiger partial charge on any atom is -0.463 e. The van der Waals surface area contributed by atoms with E-state index in [4.69, 9.17) is 9.16 Å². The summed E-state index contributed by atoms with van der Waals surface area (Å²) in [7, 11) is -1.61. The lowest BCUT2D eigenvalue weighted by Crippen LogP contribution is -2.47. The molecule has 0 amide bonds. The molecule has 0 radical (unpaired) electrons. The molecule has 4 nitrogen and oxygen atoms in total. The van der Waals surface area contributed by atoms with Crippen molar-refractivity contribution in [2.24, 2.45) is 17.3 Å². The first kappa shape index (κ1) is 28.3. The Morgan fingerprint density at radius 3 is 2.52 bits per heavy atom. The molecule has 0 spiro atoms. The zero-order chi connectivity index (χ0) is 24.3. The molecule has 0 aromatic carbocycles. The minimum absolute atomic E-state index is 0.236. The number of Topliss-reactive ketones (excluding diaryl/α,β-unsaturated/α-hetero) is 1. The van der Waals surface area contributed by atoms with E-state index in [-0.39, 0.29) is 11.9 Å². The van der Waals surface area contributed by atoms with Crippen LogP contribution in [0.15, 0.2) is 12.2 Å². The third-order valence-electron chi connectivity index (χ3n) is 7.78. The Balaban J connectivity index is 1.86. The summed E-state index contributed by atoms with van der Waals surface area (Å²) in [5, 5.41) is 0. The Labute approximate surface area is 204 Å². The first-order valence-electron chi connectivity index (χ1n) is 13.7. The molecule has 5 heteroatoms. The number of hydrogen-bond donors (Lipinski definition) is 0.